The molecule has 0 saturated heterocycles. The highest BCUT2D eigenvalue weighted by molar-refractivity contribution is 5.94. The molecule has 0 spiro atoms. The first kappa shape index (κ1) is 25.6. The number of carbonyl (C=O) groups is 1. The zero-order valence-corrected chi connectivity index (χ0v) is 21.3. The van der Waals surface area contributed by atoms with Crippen molar-refractivity contribution in [3.05, 3.63) is 93.8 Å². The normalized spacial score (nSPS) is 10.7. The Balaban J connectivity index is 1.71. The number of ether oxygens (including phenoxy) is 5. The fourth-order valence-corrected chi connectivity index (χ4v) is 3.84. The van der Waals surface area contributed by atoms with E-state index in [9.17, 15) is 9.59 Å². The number of nitrogens with zero attached hydrogens (tertiary/aromatic N) is 1. The predicted molar refractivity (Wildman–Crippen MR) is 140 cm³/mol. The number of esters is 1. The monoisotopic (exact) mass is 503 g/mol. The van der Waals surface area contributed by atoms with Crippen LogP contribution in [-0.2, 0) is 25.0 Å². The van der Waals surface area contributed by atoms with Gasteiger partial charge in [0, 0.05) is 19.3 Å². The van der Waals surface area contributed by atoms with Gasteiger partial charge < -0.3 is 28.3 Å². The molecule has 8 heteroatoms. The van der Waals surface area contributed by atoms with E-state index in [-0.39, 0.29) is 25.4 Å². The molecule has 0 aliphatic rings. The van der Waals surface area contributed by atoms with Gasteiger partial charge in [0.15, 0.2) is 11.5 Å². The Morgan fingerprint density at radius 1 is 0.811 bits per heavy atom. The number of methoxy groups -OCH3 is 2. The minimum Gasteiger partial charge on any atom is -0.497 e. The number of aromatic nitrogens is 1. The number of carbonyl (C=O) groups excluding carboxylic acids is 1. The minimum absolute atomic E-state index is 0.0372. The summed E-state index contributed by atoms with van der Waals surface area (Å²) in [5.74, 6) is 1.69. The Bertz CT molecular complexity index is 1440. The van der Waals surface area contributed by atoms with Gasteiger partial charge in [0.1, 0.15) is 30.3 Å². The molecular weight excluding hydrogens is 474 g/mol. The minimum atomic E-state index is -0.662. The molecule has 3 aromatic carbocycles. The molecule has 1 heterocycles. The van der Waals surface area contributed by atoms with Gasteiger partial charge in [-0.15, -0.1) is 0 Å². The van der Waals surface area contributed by atoms with Crippen molar-refractivity contribution < 1.29 is 28.5 Å². The summed E-state index contributed by atoms with van der Waals surface area (Å²) in [5.41, 5.74) is 1.98. The van der Waals surface area contributed by atoms with Crippen LogP contribution in [0, 0.1) is 0 Å². The molecule has 0 aliphatic heterocycles. The van der Waals surface area contributed by atoms with E-state index in [2.05, 4.69) is 0 Å². The lowest BCUT2D eigenvalue weighted by Gasteiger charge is -2.16. The molecule has 0 radical (unpaired) electrons. The molecule has 8 nitrogen and oxygen atoms in total. The Morgan fingerprint density at radius 3 is 1.81 bits per heavy atom. The van der Waals surface area contributed by atoms with Gasteiger partial charge in [0.05, 0.1) is 31.7 Å². The van der Waals surface area contributed by atoms with Crippen LogP contribution in [0.1, 0.15) is 28.4 Å². The van der Waals surface area contributed by atoms with Gasteiger partial charge in [0.25, 0.3) is 0 Å². The Labute approximate surface area is 214 Å². The topological polar surface area (TPSA) is 85.2 Å². The summed E-state index contributed by atoms with van der Waals surface area (Å²) < 4.78 is 29.5. The molecule has 4 rings (SSSR count). The maximum atomic E-state index is 13.2. The number of pyridine rings is 1. The fourth-order valence-electron chi connectivity index (χ4n) is 3.84. The highest BCUT2D eigenvalue weighted by Gasteiger charge is 2.19. The van der Waals surface area contributed by atoms with Crippen LogP contribution in [0.2, 0.25) is 0 Å². The van der Waals surface area contributed by atoms with Gasteiger partial charge in [-0.1, -0.05) is 24.3 Å². The number of aryl methyl sites for hydroxylation is 1. The molecule has 0 amide bonds. The first-order chi connectivity index (χ1) is 17.9. The van der Waals surface area contributed by atoms with Gasteiger partial charge in [0.2, 0.25) is 5.43 Å². The van der Waals surface area contributed by atoms with Crippen LogP contribution in [0.15, 0.2) is 71.7 Å². The largest absolute Gasteiger partial charge is 0.497 e. The summed E-state index contributed by atoms with van der Waals surface area (Å²) in [5, 5.41) is 0.328. The molecule has 0 bridgehead atoms. The van der Waals surface area contributed by atoms with E-state index in [1.165, 1.54) is 6.20 Å². The van der Waals surface area contributed by atoms with E-state index in [1.54, 1.807) is 44.9 Å². The second kappa shape index (κ2) is 11.5. The molecule has 1 aromatic heterocycles. The molecule has 0 fully saturated rings. The standard InChI is InChI=1S/C29H29NO7/c1-5-35-29(32)24-16-30(2)25-15-27(37-18-20-8-12-22(34-4)13-9-20)26(14-23(25)28(24)31)36-17-19-6-10-21(33-3)11-7-19/h6-16H,5,17-18H2,1-4H3. The fraction of sp³-hybridized carbons (Fsp3) is 0.241. The summed E-state index contributed by atoms with van der Waals surface area (Å²) in [6.07, 6.45) is 1.48. The van der Waals surface area contributed by atoms with E-state index < -0.39 is 11.4 Å². The van der Waals surface area contributed by atoms with Crippen LogP contribution < -0.4 is 24.4 Å². The van der Waals surface area contributed by atoms with Crippen LogP contribution in [0.25, 0.3) is 10.9 Å². The molecule has 0 atom stereocenters. The number of fused-ring (bicyclic) bond motifs is 1. The number of benzene rings is 3. The lowest BCUT2D eigenvalue weighted by molar-refractivity contribution is 0.0524. The number of rotatable bonds is 10. The third kappa shape index (κ3) is 5.86. The number of hydrogen-bond acceptors (Lipinski definition) is 7. The van der Waals surface area contributed by atoms with Crippen molar-refractivity contribution in [1.29, 1.82) is 0 Å². The summed E-state index contributed by atoms with van der Waals surface area (Å²) in [6.45, 7) is 2.39. The summed E-state index contributed by atoms with van der Waals surface area (Å²) >= 11 is 0. The van der Waals surface area contributed by atoms with E-state index in [0.717, 1.165) is 22.6 Å². The van der Waals surface area contributed by atoms with Crippen LogP contribution >= 0.6 is 0 Å². The summed E-state index contributed by atoms with van der Waals surface area (Å²) in [6, 6.07) is 18.4. The quantitative estimate of drug-likeness (QED) is 0.285. The Kier molecular flexibility index (Phi) is 7.98. The van der Waals surface area contributed by atoms with E-state index in [0.29, 0.717) is 22.4 Å². The molecule has 0 unspecified atom stereocenters. The third-order valence-corrected chi connectivity index (χ3v) is 5.86. The molecule has 192 valence electrons. The summed E-state index contributed by atoms with van der Waals surface area (Å²) in [4.78, 5) is 25.6. The molecule has 0 aliphatic carbocycles. The molecule has 4 aromatic rings. The second-order valence-electron chi connectivity index (χ2n) is 8.29. The highest BCUT2D eigenvalue weighted by atomic mass is 16.5. The molecule has 0 saturated carbocycles. The maximum Gasteiger partial charge on any atom is 0.343 e. The van der Waals surface area contributed by atoms with E-state index >= 15 is 0 Å². The smallest absolute Gasteiger partial charge is 0.343 e. The van der Waals surface area contributed by atoms with E-state index in [1.807, 2.05) is 48.5 Å². The van der Waals surface area contributed by atoms with Gasteiger partial charge in [-0.3, -0.25) is 4.79 Å². The summed E-state index contributed by atoms with van der Waals surface area (Å²) in [7, 11) is 4.98. The molecule has 0 N–H and O–H groups in total. The van der Waals surface area contributed by atoms with Crippen LogP contribution in [0.4, 0.5) is 0 Å². The zero-order valence-electron chi connectivity index (χ0n) is 21.3. The highest BCUT2D eigenvalue weighted by Crippen LogP contribution is 2.33. The van der Waals surface area contributed by atoms with Crippen molar-refractivity contribution >= 4 is 16.9 Å². The average Bonchev–Trinajstić information content (AvgIpc) is 2.93. The van der Waals surface area contributed by atoms with Crippen LogP contribution in [-0.4, -0.2) is 31.4 Å². The average molecular weight is 504 g/mol. The van der Waals surface area contributed by atoms with Crippen molar-refractivity contribution in [1.82, 2.24) is 4.57 Å². The van der Waals surface area contributed by atoms with Crippen molar-refractivity contribution in [2.75, 3.05) is 20.8 Å². The predicted octanol–water partition coefficient (Wildman–Crippen LogP) is 4.89. The lowest BCUT2D eigenvalue weighted by atomic mass is 10.1. The van der Waals surface area contributed by atoms with Crippen molar-refractivity contribution in [2.24, 2.45) is 7.05 Å². The first-order valence-corrected chi connectivity index (χ1v) is 11.8. The van der Waals surface area contributed by atoms with Gasteiger partial charge >= 0.3 is 5.97 Å². The number of hydrogen-bond donors (Lipinski definition) is 0. The Hall–Kier alpha value is -4.46. The van der Waals surface area contributed by atoms with Crippen LogP contribution in [0.3, 0.4) is 0 Å². The molecule has 37 heavy (non-hydrogen) atoms. The van der Waals surface area contributed by atoms with Crippen molar-refractivity contribution in [3.63, 3.8) is 0 Å². The van der Waals surface area contributed by atoms with E-state index in [4.69, 9.17) is 23.7 Å². The van der Waals surface area contributed by atoms with Gasteiger partial charge in [-0.25, -0.2) is 4.79 Å². The van der Waals surface area contributed by atoms with Gasteiger partial charge in [-0.05, 0) is 48.4 Å². The first-order valence-electron chi connectivity index (χ1n) is 11.8. The van der Waals surface area contributed by atoms with Gasteiger partial charge in [-0.2, -0.15) is 0 Å². The molecular formula is C29H29NO7. The SMILES string of the molecule is CCOC(=O)c1cn(C)c2cc(OCc3ccc(OC)cc3)c(OCc3ccc(OC)cc3)cc2c1=O. The lowest BCUT2D eigenvalue weighted by Crippen LogP contribution is -2.20. The second-order valence-corrected chi connectivity index (χ2v) is 8.29. The van der Waals surface area contributed by atoms with Crippen molar-refractivity contribution in [3.8, 4) is 23.0 Å². The Morgan fingerprint density at radius 2 is 1.32 bits per heavy atom. The zero-order chi connectivity index (χ0) is 26.4. The maximum absolute atomic E-state index is 13.2. The van der Waals surface area contributed by atoms with Crippen LogP contribution in [0.5, 0.6) is 23.0 Å². The van der Waals surface area contributed by atoms with Crippen molar-refractivity contribution in [2.45, 2.75) is 20.1 Å². The third-order valence-electron chi connectivity index (χ3n) is 5.86.